The van der Waals surface area contributed by atoms with Crippen molar-refractivity contribution in [3.05, 3.63) is 48.0 Å². The van der Waals surface area contributed by atoms with E-state index < -0.39 is 11.4 Å². The SMILES string of the molecule is CC(C)C(CCCCN(C)C)(C(=O)O)c1cccc2ccccc12. The molecule has 0 saturated heterocycles. The predicted octanol–water partition coefficient (Wildman–Crippen LogP) is 4.55. The Kier molecular flexibility index (Phi) is 6.00. The fourth-order valence-corrected chi connectivity index (χ4v) is 3.65. The van der Waals surface area contributed by atoms with Gasteiger partial charge >= 0.3 is 5.97 Å². The van der Waals surface area contributed by atoms with Crippen molar-refractivity contribution in [1.29, 1.82) is 0 Å². The summed E-state index contributed by atoms with van der Waals surface area (Å²) in [5.41, 5.74) is 0.112. The van der Waals surface area contributed by atoms with Crippen LogP contribution in [0, 0.1) is 5.92 Å². The highest BCUT2D eigenvalue weighted by Gasteiger charge is 2.43. The van der Waals surface area contributed by atoms with Gasteiger partial charge in [0.15, 0.2) is 0 Å². The molecule has 24 heavy (non-hydrogen) atoms. The molecule has 0 heterocycles. The van der Waals surface area contributed by atoms with E-state index in [0.29, 0.717) is 6.42 Å². The zero-order valence-corrected chi connectivity index (χ0v) is 15.2. The van der Waals surface area contributed by atoms with Crippen molar-refractivity contribution in [2.75, 3.05) is 20.6 Å². The lowest BCUT2D eigenvalue weighted by Crippen LogP contribution is -2.41. The molecular weight excluding hydrogens is 298 g/mol. The zero-order chi connectivity index (χ0) is 17.7. The Balaban J connectivity index is 2.46. The van der Waals surface area contributed by atoms with E-state index in [4.69, 9.17) is 0 Å². The van der Waals surface area contributed by atoms with Crippen molar-refractivity contribution in [3.63, 3.8) is 0 Å². The Labute approximate surface area is 145 Å². The molecule has 3 heteroatoms. The normalized spacial score (nSPS) is 14.2. The highest BCUT2D eigenvalue weighted by molar-refractivity contribution is 5.93. The minimum absolute atomic E-state index is 0.0279. The molecule has 0 radical (unpaired) electrons. The van der Waals surface area contributed by atoms with E-state index in [1.54, 1.807) is 0 Å². The van der Waals surface area contributed by atoms with Crippen LogP contribution in [0.25, 0.3) is 10.8 Å². The second-order valence-electron chi connectivity index (χ2n) is 7.22. The molecular formula is C21H29NO2. The summed E-state index contributed by atoms with van der Waals surface area (Å²) in [5, 5.41) is 12.4. The fourth-order valence-electron chi connectivity index (χ4n) is 3.65. The van der Waals surface area contributed by atoms with Gasteiger partial charge in [-0.25, -0.2) is 0 Å². The average Bonchev–Trinajstić information content (AvgIpc) is 2.54. The fraction of sp³-hybridized carbons (Fsp3) is 0.476. The van der Waals surface area contributed by atoms with E-state index in [1.807, 2.05) is 44.2 Å². The smallest absolute Gasteiger partial charge is 0.314 e. The number of nitrogens with zero attached hydrogens (tertiary/aromatic N) is 1. The first-order valence-electron chi connectivity index (χ1n) is 8.76. The summed E-state index contributed by atoms with van der Waals surface area (Å²) < 4.78 is 0. The van der Waals surface area contributed by atoms with Crippen molar-refractivity contribution in [2.45, 2.75) is 38.5 Å². The maximum atomic E-state index is 12.4. The quantitative estimate of drug-likeness (QED) is 0.723. The van der Waals surface area contributed by atoms with Gasteiger partial charge in [-0.1, -0.05) is 62.7 Å². The topological polar surface area (TPSA) is 40.5 Å². The molecule has 0 amide bonds. The summed E-state index contributed by atoms with van der Waals surface area (Å²) in [6.07, 6.45) is 2.59. The minimum Gasteiger partial charge on any atom is -0.481 e. The molecule has 0 spiro atoms. The van der Waals surface area contributed by atoms with Gasteiger partial charge in [0.1, 0.15) is 0 Å². The summed E-state index contributed by atoms with van der Waals surface area (Å²) in [4.78, 5) is 14.6. The third kappa shape index (κ3) is 3.62. The van der Waals surface area contributed by atoms with Crippen LogP contribution in [0.2, 0.25) is 0 Å². The van der Waals surface area contributed by atoms with Gasteiger partial charge in [-0.3, -0.25) is 4.79 Å². The van der Waals surface area contributed by atoms with E-state index >= 15 is 0 Å². The van der Waals surface area contributed by atoms with E-state index in [-0.39, 0.29) is 5.92 Å². The van der Waals surface area contributed by atoms with Gasteiger partial charge < -0.3 is 10.0 Å². The van der Waals surface area contributed by atoms with E-state index in [9.17, 15) is 9.90 Å². The lowest BCUT2D eigenvalue weighted by atomic mass is 9.67. The second-order valence-corrected chi connectivity index (χ2v) is 7.22. The van der Waals surface area contributed by atoms with Gasteiger partial charge in [0.05, 0.1) is 5.41 Å². The van der Waals surface area contributed by atoms with Crippen LogP contribution in [-0.4, -0.2) is 36.6 Å². The van der Waals surface area contributed by atoms with Crippen molar-refractivity contribution in [3.8, 4) is 0 Å². The molecule has 1 unspecified atom stereocenters. The summed E-state index contributed by atoms with van der Waals surface area (Å²) in [6, 6.07) is 14.1. The second kappa shape index (κ2) is 7.80. The van der Waals surface area contributed by atoms with Gasteiger partial charge in [0.2, 0.25) is 0 Å². The van der Waals surface area contributed by atoms with Crippen LogP contribution in [0.3, 0.4) is 0 Å². The first-order chi connectivity index (χ1) is 11.4. The van der Waals surface area contributed by atoms with Gasteiger partial charge in [-0.05, 0) is 55.7 Å². The lowest BCUT2D eigenvalue weighted by Gasteiger charge is -2.35. The summed E-state index contributed by atoms with van der Waals surface area (Å²) >= 11 is 0. The van der Waals surface area contributed by atoms with Crippen LogP contribution in [0.1, 0.15) is 38.7 Å². The van der Waals surface area contributed by atoms with Crippen LogP contribution in [-0.2, 0) is 10.2 Å². The number of fused-ring (bicyclic) bond motifs is 1. The number of hydrogen-bond donors (Lipinski definition) is 1. The highest BCUT2D eigenvalue weighted by Crippen LogP contribution is 2.41. The van der Waals surface area contributed by atoms with E-state index in [1.165, 1.54) is 0 Å². The Hall–Kier alpha value is -1.87. The molecule has 0 aliphatic heterocycles. The summed E-state index contributed by atoms with van der Waals surface area (Å²) in [6.45, 7) is 5.05. The Morgan fingerprint density at radius 2 is 1.75 bits per heavy atom. The van der Waals surface area contributed by atoms with Crippen molar-refractivity contribution in [2.24, 2.45) is 5.92 Å². The van der Waals surface area contributed by atoms with Gasteiger partial charge in [-0.15, -0.1) is 0 Å². The van der Waals surface area contributed by atoms with Crippen LogP contribution >= 0.6 is 0 Å². The molecule has 0 aromatic heterocycles. The molecule has 0 fully saturated rings. The molecule has 0 saturated carbocycles. The van der Waals surface area contributed by atoms with Crippen molar-refractivity contribution in [1.82, 2.24) is 4.90 Å². The molecule has 1 atom stereocenters. The van der Waals surface area contributed by atoms with Gasteiger partial charge in [-0.2, -0.15) is 0 Å². The predicted molar refractivity (Wildman–Crippen MR) is 101 cm³/mol. The standard InChI is InChI=1S/C21H29NO2/c1-16(2)21(20(23)24,14-7-8-15-22(3)4)19-13-9-11-17-10-5-6-12-18(17)19/h5-6,9-13,16H,7-8,14-15H2,1-4H3,(H,23,24). The molecule has 2 aromatic rings. The molecule has 3 nitrogen and oxygen atoms in total. The molecule has 2 aromatic carbocycles. The third-order valence-corrected chi connectivity index (χ3v) is 5.06. The van der Waals surface area contributed by atoms with Crippen LogP contribution in [0.15, 0.2) is 42.5 Å². The third-order valence-electron chi connectivity index (χ3n) is 5.06. The lowest BCUT2D eigenvalue weighted by molar-refractivity contribution is -0.146. The molecule has 2 rings (SSSR count). The number of hydrogen-bond acceptors (Lipinski definition) is 2. The Bertz CT molecular complexity index is 688. The highest BCUT2D eigenvalue weighted by atomic mass is 16.4. The maximum Gasteiger partial charge on any atom is 0.314 e. The molecule has 130 valence electrons. The molecule has 0 aliphatic carbocycles. The number of unbranched alkanes of at least 4 members (excludes halogenated alkanes) is 1. The molecule has 0 aliphatic rings. The number of benzene rings is 2. The number of rotatable bonds is 8. The monoisotopic (exact) mass is 327 g/mol. The van der Waals surface area contributed by atoms with Crippen molar-refractivity contribution < 1.29 is 9.90 Å². The number of aliphatic carboxylic acids is 1. The van der Waals surface area contributed by atoms with Gasteiger partial charge in [0, 0.05) is 0 Å². The maximum absolute atomic E-state index is 12.4. The summed E-state index contributed by atoms with van der Waals surface area (Å²) in [5.74, 6) is -0.682. The molecule has 0 bridgehead atoms. The summed E-state index contributed by atoms with van der Waals surface area (Å²) in [7, 11) is 4.11. The largest absolute Gasteiger partial charge is 0.481 e. The number of carboxylic acid groups (broad SMARTS) is 1. The van der Waals surface area contributed by atoms with Crippen LogP contribution < -0.4 is 0 Å². The first kappa shape index (κ1) is 18.5. The van der Waals surface area contributed by atoms with Crippen molar-refractivity contribution >= 4 is 16.7 Å². The zero-order valence-electron chi connectivity index (χ0n) is 15.2. The van der Waals surface area contributed by atoms with E-state index in [0.717, 1.165) is 35.7 Å². The Morgan fingerprint density at radius 3 is 2.38 bits per heavy atom. The van der Waals surface area contributed by atoms with E-state index in [2.05, 4.69) is 31.1 Å². The number of carbonyl (C=O) groups is 1. The average molecular weight is 327 g/mol. The molecule has 1 N–H and O–H groups in total. The van der Waals surface area contributed by atoms with Gasteiger partial charge in [0.25, 0.3) is 0 Å². The number of carboxylic acids is 1. The van der Waals surface area contributed by atoms with Crippen LogP contribution in [0.5, 0.6) is 0 Å². The first-order valence-corrected chi connectivity index (χ1v) is 8.76. The minimum atomic E-state index is -0.840. The van der Waals surface area contributed by atoms with Crippen LogP contribution in [0.4, 0.5) is 0 Å². The Morgan fingerprint density at radius 1 is 1.08 bits per heavy atom.